The molecular formula is C31H30Cl2F3N3O6. The van der Waals surface area contributed by atoms with Crippen molar-refractivity contribution in [3.05, 3.63) is 92.8 Å². The fourth-order valence-corrected chi connectivity index (χ4v) is 5.00. The van der Waals surface area contributed by atoms with Gasteiger partial charge >= 0.3 is 12.1 Å². The molecule has 0 radical (unpaired) electrons. The van der Waals surface area contributed by atoms with E-state index < -0.39 is 30.6 Å². The molecule has 0 aliphatic rings. The van der Waals surface area contributed by atoms with Gasteiger partial charge in [0.1, 0.15) is 30.8 Å². The molecule has 45 heavy (non-hydrogen) atoms. The standard InChI is InChI=1S/C31H30Cl2F3N3O6/c1-17(2)28-21(27(38-45-28)26-22(32)5-4-6-23(26)33)16-43-25-12-11-24(29(37-25)31(34,35)36)39(3)13-18-7-9-19(10-8-18)30(42)44-15-20(41)14-40/h4-12,17,20,40-41H,13-16H2,1-3H3. The first-order chi connectivity index (χ1) is 21.3. The highest BCUT2D eigenvalue weighted by atomic mass is 35.5. The van der Waals surface area contributed by atoms with Gasteiger partial charge in [0, 0.05) is 31.1 Å². The number of nitrogens with zero attached hydrogens (tertiary/aromatic N) is 3. The Balaban J connectivity index is 1.54. The molecule has 2 aromatic carbocycles. The molecule has 1 unspecified atom stereocenters. The molecule has 4 rings (SSSR count). The number of carbonyl (C=O) groups is 1. The first kappa shape index (κ1) is 34.0. The van der Waals surface area contributed by atoms with Crippen molar-refractivity contribution >= 4 is 34.9 Å². The van der Waals surface area contributed by atoms with E-state index in [4.69, 9.17) is 42.3 Å². The molecule has 0 bridgehead atoms. The zero-order valence-corrected chi connectivity index (χ0v) is 26.0. The second kappa shape index (κ2) is 14.5. The van der Waals surface area contributed by atoms with Crippen molar-refractivity contribution in [1.29, 1.82) is 0 Å². The number of hydrogen-bond acceptors (Lipinski definition) is 9. The Morgan fingerprint density at radius 1 is 1.07 bits per heavy atom. The van der Waals surface area contributed by atoms with E-state index in [2.05, 4.69) is 10.1 Å². The Kier molecular flexibility index (Phi) is 11.0. The average molecular weight is 668 g/mol. The van der Waals surface area contributed by atoms with Crippen molar-refractivity contribution in [3.8, 4) is 17.1 Å². The van der Waals surface area contributed by atoms with Crippen LogP contribution in [-0.4, -0.2) is 52.7 Å². The number of esters is 1. The average Bonchev–Trinajstić information content (AvgIpc) is 3.42. The Morgan fingerprint density at radius 3 is 2.33 bits per heavy atom. The number of rotatable bonds is 12. The summed E-state index contributed by atoms with van der Waals surface area (Å²) in [5.74, 6) is -0.633. The van der Waals surface area contributed by atoms with Gasteiger partial charge in [-0.3, -0.25) is 0 Å². The van der Waals surface area contributed by atoms with Crippen LogP contribution in [0, 0.1) is 0 Å². The monoisotopic (exact) mass is 667 g/mol. The van der Waals surface area contributed by atoms with Crippen LogP contribution in [0.4, 0.5) is 18.9 Å². The largest absolute Gasteiger partial charge is 0.473 e. The zero-order valence-electron chi connectivity index (χ0n) is 24.4. The lowest BCUT2D eigenvalue weighted by Crippen LogP contribution is -2.23. The number of aliphatic hydroxyl groups excluding tert-OH is 2. The van der Waals surface area contributed by atoms with Crippen LogP contribution in [0.2, 0.25) is 10.0 Å². The summed E-state index contributed by atoms with van der Waals surface area (Å²) in [6.45, 7) is 2.67. The zero-order chi connectivity index (χ0) is 32.9. The van der Waals surface area contributed by atoms with E-state index in [-0.39, 0.29) is 42.8 Å². The molecular weight excluding hydrogens is 638 g/mol. The van der Waals surface area contributed by atoms with Gasteiger partial charge in [0.05, 0.1) is 33.5 Å². The van der Waals surface area contributed by atoms with E-state index in [0.717, 1.165) is 0 Å². The van der Waals surface area contributed by atoms with Crippen molar-refractivity contribution in [2.24, 2.45) is 0 Å². The van der Waals surface area contributed by atoms with Crippen molar-refractivity contribution < 1.29 is 42.2 Å². The number of aliphatic hydroxyl groups is 2. The topological polar surface area (TPSA) is 118 Å². The molecule has 2 N–H and O–H groups in total. The van der Waals surface area contributed by atoms with E-state index in [1.165, 1.54) is 36.2 Å². The van der Waals surface area contributed by atoms with Crippen LogP contribution in [-0.2, 0) is 24.1 Å². The highest BCUT2D eigenvalue weighted by Crippen LogP contribution is 2.40. The van der Waals surface area contributed by atoms with Crippen molar-refractivity contribution in [1.82, 2.24) is 10.1 Å². The summed E-state index contributed by atoms with van der Waals surface area (Å²) in [4.78, 5) is 17.3. The van der Waals surface area contributed by atoms with Gasteiger partial charge in [-0.2, -0.15) is 13.2 Å². The van der Waals surface area contributed by atoms with Crippen molar-refractivity contribution in [2.75, 3.05) is 25.2 Å². The lowest BCUT2D eigenvalue weighted by Gasteiger charge is -2.23. The third-order valence-corrected chi connectivity index (χ3v) is 7.29. The number of carbonyl (C=O) groups excluding carboxylic acids is 1. The minimum atomic E-state index is -4.80. The maximum absolute atomic E-state index is 14.2. The molecule has 14 heteroatoms. The number of aromatic nitrogens is 2. The van der Waals surface area contributed by atoms with Gasteiger partial charge in [-0.1, -0.05) is 60.4 Å². The molecule has 0 aliphatic carbocycles. The third kappa shape index (κ3) is 8.26. The number of benzene rings is 2. The predicted molar refractivity (Wildman–Crippen MR) is 162 cm³/mol. The van der Waals surface area contributed by atoms with E-state index in [9.17, 15) is 23.1 Å². The highest BCUT2D eigenvalue weighted by molar-refractivity contribution is 6.39. The predicted octanol–water partition coefficient (Wildman–Crippen LogP) is 6.91. The van der Waals surface area contributed by atoms with Gasteiger partial charge in [-0.05, 0) is 35.9 Å². The molecule has 0 saturated carbocycles. The molecule has 0 aliphatic heterocycles. The third-order valence-electron chi connectivity index (χ3n) is 6.66. The van der Waals surface area contributed by atoms with Crippen LogP contribution in [0.25, 0.3) is 11.3 Å². The molecule has 1 atom stereocenters. The molecule has 0 saturated heterocycles. The van der Waals surface area contributed by atoms with Gasteiger partial charge in [-0.25, -0.2) is 9.78 Å². The first-order valence-corrected chi connectivity index (χ1v) is 14.5. The number of anilines is 1. The smallest absolute Gasteiger partial charge is 0.435 e. The van der Waals surface area contributed by atoms with Crippen LogP contribution in [0.3, 0.4) is 0 Å². The second-order valence-electron chi connectivity index (χ2n) is 10.4. The molecule has 0 fully saturated rings. The van der Waals surface area contributed by atoms with E-state index >= 15 is 0 Å². The fraction of sp³-hybridized carbons (Fsp3) is 0.323. The summed E-state index contributed by atoms with van der Waals surface area (Å²) in [5, 5.41) is 23.0. The van der Waals surface area contributed by atoms with Crippen molar-refractivity contribution in [2.45, 2.75) is 45.2 Å². The second-order valence-corrected chi connectivity index (χ2v) is 11.2. The van der Waals surface area contributed by atoms with E-state index in [1.54, 1.807) is 30.3 Å². The lowest BCUT2D eigenvalue weighted by molar-refractivity contribution is -0.140. The SMILES string of the molecule is CC(C)c1onc(-c2c(Cl)cccc2Cl)c1COc1ccc(N(C)Cc2ccc(C(=O)OCC(O)CO)cc2)c(C(F)(F)F)n1. The molecule has 0 amide bonds. The Hall–Kier alpha value is -3.84. The normalized spacial score (nSPS) is 12.3. The summed E-state index contributed by atoms with van der Waals surface area (Å²) in [6.07, 6.45) is -5.99. The number of hydrogen-bond donors (Lipinski definition) is 2. The summed E-state index contributed by atoms with van der Waals surface area (Å²) in [5.41, 5.74) is 0.677. The Labute approximate surface area is 267 Å². The van der Waals surface area contributed by atoms with Crippen LogP contribution in [0.5, 0.6) is 5.88 Å². The minimum absolute atomic E-state index is 0.0594. The van der Waals surface area contributed by atoms with Gasteiger partial charge in [0.2, 0.25) is 5.88 Å². The number of ether oxygens (including phenoxy) is 2. The number of alkyl halides is 3. The van der Waals surface area contributed by atoms with Gasteiger partial charge in [0.25, 0.3) is 0 Å². The minimum Gasteiger partial charge on any atom is -0.473 e. The molecule has 2 aromatic heterocycles. The lowest BCUT2D eigenvalue weighted by atomic mass is 10.0. The summed E-state index contributed by atoms with van der Waals surface area (Å²) >= 11 is 12.8. The van der Waals surface area contributed by atoms with E-state index in [1.807, 2.05) is 13.8 Å². The summed E-state index contributed by atoms with van der Waals surface area (Å²) < 4.78 is 58.8. The quantitative estimate of drug-likeness (QED) is 0.155. The van der Waals surface area contributed by atoms with Crippen LogP contribution in [0.1, 0.15) is 52.7 Å². The van der Waals surface area contributed by atoms with Gasteiger partial charge in [0.15, 0.2) is 5.69 Å². The molecule has 9 nitrogen and oxygen atoms in total. The Bertz CT molecular complexity index is 1610. The Morgan fingerprint density at radius 2 is 1.73 bits per heavy atom. The number of pyridine rings is 1. The van der Waals surface area contributed by atoms with Crippen LogP contribution < -0.4 is 9.64 Å². The number of halogens is 5. The van der Waals surface area contributed by atoms with Crippen molar-refractivity contribution in [3.63, 3.8) is 0 Å². The van der Waals surface area contributed by atoms with E-state index in [0.29, 0.717) is 38.2 Å². The molecule has 4 aromatic rings. The molecule has 240 valence electrons. The maximum Gasteiger partial charge on any atom is 0.435 e. The van der Waals surface area contributed by atoms with Crippen LogP contribution >= 0.6 is 23.2 Å². The first-order valence-electron chi connectivity index (χ1n) is 13.7. The van der Waals surface area contributed by atoms with Gasteiger partial charge in [-0.15, -0.1) is 0 Å². The van der Waals surface area contributed by atoms with Crippen LogP contribution in [0.15, 0.2) is 59.1 Å². The molecule has 0 spiro atoms. The molecule has 2 heterocycles. The highest BCUT2D eigenvalue weighted by Gasteiger charge is 2.37. The summed E-state index contributed by atoms with van der Waals surface area (Å²) in [7, 11) is 1.48. The summed E-state index contributed by atoms with van der Waals surface area (Å²) in [6, 6.07) is 13.6. The fourth-order valence-electron chi connectivity index (χ4n) is 4.43. The maximum atomic E-state index is 14.2. The van der Waals surface area contributed by atoms with Gasteiger partial charge < -0.3 is 29.1 Å².